The summed E-state index contributed by atoms with van der Waals surface area (Å²) >= 11 is 0. The standard InChI is InChI=1S/C9H18F3N/c1-8(2,3)6-7(4-5-13)9(10,11)12/h7H,4-6,13H2,1-3H3. The van der Waals surface area contributed by atoms with Gasteiger partial charge in [0.1, 0.15) is 0 Å². The maximum absolute atomic E-state index is 12.4. The largest absolute Gasteiger partial charge is 0.391 e. The van der Waals surface area contributed by atoms with Gasteiger partial charge in [-0.25, -0.2) is 0 Å². The van der Waals surface area contributed by atoms with Gasteiger partial charge in [-0.3, -0.25) is 0 Å². The van der Waals surface area contributed by atoms with E-state index in [9.17, 15) is 13.2 Å². The molecule has 0 fully saturated rings. The molecular formula is C9H18F3N. The number of hydrogen-bond donors (Lipinski definition) is 1. The lowest BCUT2D eigenvalue weighted by atomic mass is 9.83. The second-order valence-corrected chi connectivity index (χ2v) is 4.58. The van der Waals surface area contributed by atoms with Gasteiger partial charge in [-0.15, -0.1) is 0 Å². The molecule has 0 rings (SSSR count). The Morgan fingerprint density at radius 2 is 1.62 bits per heavy atom. The molecular weight excluding hydrogens is 179 g/mol. The Morgan fingerprint density at radius 1 is 1.15 bits per heavy atom. The zero-order chi connectivity index (χ0) is 10.7. The van der Waals surface area contributed by atoms with Gasteiger partial charge in [-0.2, -0.15) is 13.2 Å². The zero-order valence-corrected chi connectivity index (χ0v) is 8.41. The summed E-state index contributed by atoms with van der Waals surface area (Å²) in [4.78, 5) is 0. The third-order valence-corrected chi connectivity index (χ3v) is 1.84. The van der Waals surface area contributed by atoms with Gasteiger partial charge in [-0.1, -0.05) is 20.8 Å². The molecule has 80 valence electrons. The third kappa shape index (κ3) is 5.91. The Kier molecular flexibility index (Phi) is 4.23. The summed E-state index contributed by atoms with van der Waals surface area (Å²) in [6.07, 6.45) is -3.93. The van der Waals surface area contributed by atoms with Crippen LogP contribution >= 0.6 is 0 Å². The van der Waals surface area contributed by atoms with E-state index < -0.39 is 12.1 Å². The van der Waals surface area contributed by atoms with Crippen LogP contribution in [0.1, 0.15) is 33.6 Å². The van der Waals surface area contributed by atoms with Crippen molar-refractivity contribution in [2.45, 2.75) is 39.8 Å². The van der Waals surface area contributed by atoms with Crippen LogP contribution in [0.2, 0.25) is 0 Å². The molecule has 0 aromatic heterocycles. The predicted octanol–water partition coefficient (Wildman–Crippen LogP) is 2.95. The minimum Gasteiger partial charge on any atom is -0.330 e. The third-order valence-electron chi connectivity index (χ3n) is 1.84. The zero-order valence-electron chi connectivity index (χ0n) is 8.41. The van der Waals surface area contributed by atoms with Crippen molar-refractivity contribution in [3.8, 4) is 0 Å². The van der Waals surface area contributed by atoms with Crippen LogP contribution in [0.25, 0.3) is 0 Å². The summed E-state index contributed by atoms with van der Waals surface area (Å²) in [7, 11) is 0. The fraction of sp³-hybridized carbons (Fsp3) is 1.00. The monoisotopic (exact) mass is 197 g/mol. The molecule has 0 aromatic rings. The summed E-state index contributed by atoms with van der Waals surface area (Å²) < 4.78 is 37.1. The molecule has 2 N–H and O–H groups in total. The van der Waals surface area contributed by atoms with Gasteiger partial charge in [-0.05, 0) is 24.8 Å². The van der Waals surface area contributed by atoms with Crippen molar-refractivity contribution in [3.05, 3.63) is 0 Å². The van der Waals surface area contributed by atoms with Crippen molar-refractivity contribution in [1.29, 1.82) is 0 Å². The first-order valence-corrected chi connectivity index (χ1v) is 4.43. The lowest BCUT2D eigenvalue weighted by molar-refractivity contribution is -0.182. The highest BCUT2D eigenvalue weighted by Crippen LogP contribution is 2.37. The molecule has 1 nitrogen and oxygen atoms in total. The van der Waals surface area contributed by atoms with E-state index in [-0.39, 0.29) is 24.8 Å². The van der Waals surface area contributed by atoms with Crippen molar-refractivity contribution in [2.75, 3.05) is 6.54 Å². The molecule has 0 spiro atoms. The van der Waals surface area contributed by atoms with Crippen molar-refractivity contribution >= 4 is 0 Å². The molecule has 0 amide bonds. The summed E-state index contributed by atoms with van der Waals surface area (Å²) in [5.41, 5.74) is 4.85. The molecule has 0 saturated carbocycles. The van der Waals surface area contributed by atoms with Crippen LogP contribution < -0.4 is 5.73 Å². The van der Waals surface area contributed by atoms with Crippen LogP contribution in [-0.4, -0.2) is 12.7 Å². The second-order valence-electron chi connectivity index (χ2n) is 4.58. The van der Waals surface area contributed by atoms with Gasteiger partial charge in [0.05, 0.1) is 5.92 Å². The van der Waals surface area contributed by atoms with Crippen LogP contribution in [0, 0.1) is 11.3 Å². The minimum absolute atomic E-state index is 0.0285. The van der Waals surface area contributed by atoms with E-state index >= 15 is 0 Å². The van der Waals surface area contributed by atoms with E-state index in [1.807, 2.05) is 20.8 Å². The summed E-state index contributed by atoms with van der Waals surface area (Å²) in [6.45, 7) is 5.52. The molecule has 0 radical (unpaired) electrons. The van der Waals surface area contributed by atoms with Crippen molar-refractivity contribution in [2.24, 2.45) is 17.1 Å². The smallest absolute Gasteiger partial charge is 0.330 e. The van der Waals surface area contributed by atoms with E-state index in [1.54, 1.807) is 0 Å². The Balaban J connectivity index is 4.27. The van der Waals surface area contributed by atoms with E-state index in [0.717, 1.165) is 0 Å². The highest BCUT2D eigenvalue weighted by atomic mass is 19.4. The van der Waals surface area contributed by atoms with Crippen LogP contribution in [0.5, 0.6) is 0 Å². The molecule has 0 aromatic carbocycles. The van der Waals surface area contributed by atoms with E-state index in [0.29, 0.717) is 0 Å². The lowest BCUT2D eigenvalue weighted by Crippen LogP contribution is -2.29. The number of nitrogens with two attached hydrogens (primary N) is 1. The van der Waals surface area contributed by atoms with Crippen LogP contribution in [0.4, 0.5) is 13.2 Å². The number of halogens is 3. The molecule has 13 heavy (non-hydrogen) atoms. The molecule has 0 bridgehead atoms. The fourth-order valence-corrected chi connectivity index (χ4v) is 1.32. The van der Waals surface area contributed by atoms with Crippen molar-refractivity contribution < 1.29 is 13.2 Å². The minimum atomic E-state index is -4.10. The van der Waals surface area contributed by atoms with Crippen LogP contribution in [0.3, 0.4) is 0 Å². The summed E-state index contributed by atoms with van der Waals surface area (Å²) in [6, 6.07) is 0. The van der Waals surface area contributed by atoms with Crippen LogP contribution in [-0.2, 0) is 0 Å². The quantitative estimate of drug-likeness (QED) is 0.739. The maximum atomic E-state index is 12.4. The van der Waals surface area contributed by atoms with Crippen molar-refractivity contribution in [1.82, 2.24) is 0 Å². The van der Waals surface area contributed by atoms with Gasteiger partial charge in [0.25, 0.3) is 0 Å². The first-order valence-electron chi connectivity index (χ1n) is 4.43. The topological polar surface area (TPSA) is 26.0 Å². The van der Waals surface area contributed by atoms with Gasteiger partial charge >= 0.3 is 6.18 Å². The summed E-state index contributed by atoms with van der Waals surface area (Å²) in [5, 5.41) is 0. The number of hydrogen-bond acceptors (Lipinski definition) is 1. The highest BCUT2D eigenvalue weighted by Gasteiger charge is 2.40. The summed E-state index contributed by atoms with van der Waals surface area (Å²) in [5.74, 6) is -1.25. The number of rotatable bonds is 3. The maximum Gasteiger partial charge on any atom is 0.391 e. The first kappa shape index (κ1) is 12.8. The lowest BCUT2D eigenvalue weighted by Gasteiger charge is -2.27. The van der Waals surface area contributed by atoms with Gasteiger partial charge in [0, 0.05) is 0 Å². The molecule has 0 aliphatic heterocycles. The Hall–Kier alpha value is -0.250. The normalized spacial score (nSPS) is 15.9. The molecule has 1 unspecified atom stereocenters. The average molecular weight is 197 g/mol. The Bertz CT molecular complexity index is 146. The predicted molar refractivity (Wildman–Crippen MR) is 47.3 cm³/mol. The van der Waals surface area contributed by atoms with E-state index in [2.05, 4.69) is 0 Å². The number of alkyl halides is 3. The second kappa shape index (κ2) is 4.31. The SMILES string of the molecule is CC(C)(C)CC(CCN)C(F)(F)F. The highest BCUT2D eigenvalue weighted by molar-refractivity contribution is 4.75. The van der Waals surface area contributed by atoms with Crippen LogP contribution in [0.15, 0.2) is 0 Å². The average Bonchev–Trinajstić information content (AvgIpc) is 1.81. The van der Waals surface area contributed by atoms with Gasteiger partial charge < -0.3 is 5.73 Å². The molecule has 0 saturated heterocycles. The molecule has 0 heterocycles. The fourth-order valence-electron chi connectivity index (χ4n) is 1.32. The Morgan fingerprint density at radius 3 is 1.85 bits per heavy atom. The molecule has 1 atom stereocenters. The van der Waals surface area contributed by atoms with E-state index in [1.165, 1.54) is 0 Å². The van der Waals surface area contributed by atoms with E-state index in [4.69, 9.17) is 5.73 Å². The molecule has 0 aliphatic rings. The first-order chi connectivity index (χ1) is 5.67. The van der Waals surface area contributed by atoms with Crippen molar-refractivity contribution in [3.63, 3.8) is 0 Å². The van der Waals surface area contributed by atoms with Gasteiger partial charge in [0.2, 0.25) is 0 Å². The van der Waals surface area contributed by atoms with Gasteiger partial charge in [0.15, 0.2) is 0 Å². The molecule has 0 aliphatic carbocycles. The Labute approximate surface area is 77.5 Å². The molecule has 4 heteroatoms.